The van der Waals surface area contributed by atoms with Crippen LogP contribution < -0.4 is 0 Å². The highest BCUT2D eigenvalue weighted by atomic mass is 32.2. The topological polar surface area (TPSA) is 52.6 Å². The molecule has 0 N–H and O–H groups in total. The zero-order valence-electron chi connectivity index (χ0n) is 11.7. The van der Waals surface area contributed by atoms with Gasteiger partial charge in [-0.2, -0.15) is 0 Å². The molecule has 0 aliphatic heterocycles. The van der Waals surface area contributed by atoms with Gasteiger partial charge in [0.15, 0.2) is 9.84 Å². The number of methoxy groups -OCH3 is 1. The van der Waals surface area contributed by atoms with Crippen molar-refractivity contribution in [2.24, 2.45) is 11.8 Å². The highest BCUT2D eigenvalue weighted by molar-refractivity contribution is 7.91. The quantitative estimate of drug-likeness (QED) is 0.544. The number of benzene rings is 1. The summed E-state index contributed by atoms with van der Waals surface area (Å²) in [7, 11) is -1.72. The van der Waals surface area contributed by atoms with Gasteiger partial charge in [0.1, 0.15) is 6.79 Å². The van der Waals surface area contributed by atoms with E-state index in [9.17, 15) is 8.42 Å². The molecule has 0 amide bonds. The lowest BCUT2D eigenvalue weighted by Crippen LogP contribution is -2.25. The number of hydrogen-bond donors (Lipinski definition) is 0. The number of sulfone groups is 1. The van der Waals surface area contributed by atoms with Crippen molar-refractivity contribution in [1.82, 2.24) is 0 Å². The molecule has 1 aromatic carbocycles. The Morgan fingerprint density at radius 3 is 2.32 bits per heavy atom. The molecule has 0 bridgehead atoms. The normalized spacial score (nSPS) is 13.7. The van der Waals surface area contributed by atoms with Crippen LogP contribution in [0, 0.1) is 11.8 Å². The number of hydrogen-bond acceptors (Lipinski definition) is 4. The van der Waals surface area contributed by atoms with Crippen molar-refractivity contribution in [2.75, 3.05) is 26.3 Å². The van der Waals surface area contributed by atoms with E-state index in [1.807, 2.05) is 13.8 Å². The molecule has 0 radical (unpaired) electrons. The molecule has 108 valence electrons. The van der Waals surface area contributed by atoms with Crippen molar-refractivity contribution in [1.29, 1.82) is 0 Å². The maximum Gasteiger partial charge on any atom is 0.178 e. The molecule has 19 heavy (non-hydrogen) atoms. The third-order valence-corrected chi connectivity index (χ3v) is 4.87. The molecule has 0 heterocycles. The standard InChI is InChI=1S/C14H22O4S/c1-12(2)13(9-18-11-17-3)10-19(15,16)14-7-5-4-6-8-14/h4-8,12-13H,9-11H2,1-3H3/t13-/m0/s1. The van der Waals surface area contributed by atoms with Gasteiger partial charge in [0.25, 0.3) is 0 Å². The third-order valence-electron chi connectivity index (χ3n) is 3.01. The van der Waals surface area contributed by atoms with Crippen LogP contribution in [-0.2, 0) is 19.3 Å². The summed E-state index contributed by atoms with van der Waals surface area (Å²) >= 11 is 0. The van der Waals surface area contributed by atoms with Crippen LogP contribution >= 0.6 is 0 Å². The minimum absolute atomic E-state index is 0.0413. The Bertz CT molecular complexity index is 454. The summed E-state index contributed by atoms with van der Waals surface area (Å²) in [5.41, 5.74) is 0. The molecule has 0 fully saturated rings. The second-order valence-electron chi connectivity index (χ2n) is 4.88. The summed E-state index contributed by atoms with van der Waals surface area (Å²) < 4.78 is 34.7. The van der Waals surface area contributed by atoms with Gasteiger partial charge in [-0.25, -0.2) is 8.42 Å². The third kappa shape index (κ3) is 5.30. The van der Waals surface area contributed by atoms with Crippen molar-refractivity contribution in [3.63, 3.8) is 0 Å². The summed E-state index contributed by atoms with van der Waals surface area (Å²) in [6.07, 6.45) is 0. The molecule has 0 saturated heterocycles. The van der Waals surface area contributed by atoms with Gasteiger partial charge >= 0.3 is 0 Å². The zero-order chi connectivity index (χ0) is 14.3. The fraction of sp³-hybridized carbons (Fsp3) is 0.571. The van der Waals surface area contributed by atoms with E-state index in [2.05, 4.69) is 0 Å². The maximum atomic E-state index is 12.3. The highest BCUT2D eigenvalue weighted by Gasteiger charge is 2.23. The van der Waals surface area contributed by atoms with Crippen LogP contribution in [0.3, 0.4) is 0 Å². The number of rotatable bonds is 8. The predicted octanol–water partition coefficient (Wildman–Crippen LogP) is 2.35. The van der Waals surface area contributed by atoms with E-state index in [1.54, 1.807) is 37.4 Å². The molecule has 0 aliphatic rings. The Kier molecular flexibility index (Phi) is 6.48. The molecule has 0 aromatic heterocycles. The molecule has 0 unspecified atom stereocenters. The summed E-state index contributed by atoms with van der Waals surface area (Å²) in [5, 5.41) is 0. The van der Waals surface area contributed by atoms with Gasteiger partial charge in [-0.1, -0.05) is 32.0 Å². The minimum atomic E-state index is -3.26. The fourth-order valence-electron chi connectivity index (χ4n) is 1.72. The van der Waals surface area contributed by atoms with Crippen LogP contribution in [0.25, 0.3) is 0 Å². The molecule has 5 heteroatoms. The lowest BCUT2D eigenvalue weighted by atomic mass is 9.99. The van der Waals surface area contributed by atoms with E-state index in [-0.39, 0.29) is 24.4 Å². The van der Waals surface area contributed by atoms with Crippen LogP contribution in [0.1, 0.15) is 13.8 Å². The first-order valence-electron chi connectivity index (χ1n) is 6.32. The van der Waals surface area contributed by atoms with Crippen LogP contribution in [0.5, 0.6) is 0 Å². The smallest absolute Gasteiger partial charge is 0.178 e. The first-order valence-corrected chi connectivity index (χ1v) is 7.97. The van der Waals surface area contributed by atoms with Crippen molar-refractivity contribution in [2.45, 2.75) is 18.7 Å². The average molecular weight is 286 g/mol. The van der Waals surface area contributed by atoms with Crippen LogP contribution in [-0.4, -0.2) is 34.7 Å². The Morgan fingerprint density at radius 1 is 1.16 bits per heavy atom. The summed E-state index contributed by atoms with van der Waals surface area (Å²) in [6, 6.07) is 8.53. The van der Waals surface area contributed by atoms with E-state index in [0.29, 0.717) is 11.5 Å². The molecular weight excluding hydrogens is 264 g/mol. The fourth-order valence-corrected chi connectivity index (χ4v) is 3.53. The van der Waals surface area contributed by atoms with Gasteiger partial charge in [0, 0.05) is 7.11 Å². The van der Waals surface area contributed by atoms with Gasteiger partial charge < -0.3 is 9.47 Å². The summed E-state index contributed by atoms with van der Waals surface area (Å²) in [6.45, 7) is 4.58. The predicted molar refractivity (Wildman–Crippen MR) is 74.7 cm³/mol. The number of ether oxygens (including phenoxy) is 2. The molecular formula is C14H22O4S. The van der Waals surface area contributed by atoms with E-state index < -0.39 is 9.84 Å². The molecule has 1 rings (SSSR count). The van der Waals surface area contributed by atoms with Crippen molar-refractivity contribution in [3.05, 3.63) is 30.3 Å². The van der Waals surface area contributed by atoms with Gasteiger partial charge in [-0.3, -0.25) is 0 Å². The Morgan fingerprint density at radius 2 is 1.79 bits per heavy atom. The molecule has 0 spiro atoms. The van der Waals surface area contributed by atoms with Gasteiger partial charge in [-0.05, 0) is 24.0 Å². The van der Waals surface area contributed by atoms with Crippen LogP contribution in [0.4, 0.5) is 0 Å². The monoisotopic (exact) mass is 286 g/mol. The Balaban J connectivity index is 2.73. The molecule has 1 atom stereocenters. The SMILES string of the molecule is COCOC[C@@H](CS(=O)(=O)c1ccccc1)C(C)C. The largest absolute Gasteiger partial charge is 0.359 e. The van der Waals surface area contributed by atoms with Gasteiger partial charge in [-0.15, -0.1) is 0 Å². The Labute approximate surface area is 115 Å². The zero-order valence-corrected chi connectivity index (χ0v) is 12.5. The van der Waals surface area contributed by atoms with E-state index in [0.717, 1.165) is 0 Å². The summed E-state index contributed by atoms with van der Waals surface area (Å²) in [4.78, 5) is 0.368. The van der Waals surface area contributed by atoms with E-state index in [4.69, 9.17) is 9.47 Å². The van der Waals surface area contributed by atoms with E-state index >= 15 is 0 Å². The lowest BCUT2D eigenvalue weighted by molar-refractivity contribution is -0.0456. The second-order valence-corrected chi connectivity index (χ2v) is 6.91. The van der Waals surface area contributed by atoms with Crippen molar-refractivity contribution in [3.8, 4) is 0 Å². The first kappa shape index (κ1) is 16.1. The maximum absolute atomic E-state index is 12.3. The lowest BCUT2D eigenvalue weighted by Gasteiger charge is -2.20. The molecule has 4 nitrogen and oxygen atoms in total. The second kappa shape index (κ2) is 7.62. The van der Waals surface area contributed by atoms with Gasteiger partial charge in [0.05, 0.1) is 17.3 Å². The minimum Gasteiger partial charge on any atom is -0.359 e. The Hall–Kier alpha value is -0.910. The van der Waals surface area contributed by atoms with Crippen LogP contribution in [0.2, 0.25) is 0 Å². The average Bonchev–Trinajstić information content (AvgIpc) is 2.38. The van der Waals surface area contributed by atoms with Crippen LogP contribution in [0.15, 0.2) is 35.2 Å². The molecule has 0 saturated carbocycles. The van der Waals surface area contributed by atoms with Crippen molar-refractivity contribution < 1.29 is 17.9 Å². The van der Waals surface area contributed by atoms with Crippen molar-refractivity contribution >= 4 is 9.84 Å². The molecule has 0 aliphatic carbocycles. The van der Waals surface area contributed by atoms with E-state index in [1.165, 1.54) is 0 Å². The highest BCUT2D eigenvalue weighted by Crippen LogP contribution is 2.19. The molecule has 1 aromatic rings. The summed E-state index contributed by atoms with van der Waals surface area (Å²) in [5.74, 6) is 0.286. The van der Waals surface area contributed by atoms with Gasteiger partial charge in [0.2, 0.25) is 0 Å². The first-order chi connectivity index (χ1) is 8.97.